The fourth-order valence-corrected chi connectivity index (χ4v) is 4.72. The molecule has 0 spiro atoms. The summed E-state index contributed by atoms with van der Waals surface area (Å²) in [5, 5.41) is 12.3. The highest BCUT2D eigenvalue weighted by Gasteiger charge is 2.37. The zero-order chi connectivity index (χ0) is 22.0. The summed E-state index contributed by atoms with van der Waals surface area (Å²) in [4.78, 5) is 13.4. The van der Waals surface area contributed by atoms with Crippen LogP contribution in [0.25, 0.3) is 0 Å². The topological polar surface area (TPSA) is 81.1 Å². The van der Waals surface area contributed by atoms with Gasteiger partial charge >= 0.3 is 0 Å². The Balaban J connectivity index is 1.66. The van der Waals surface area contributed by atoms with Crippen molar-refractivity contribution in [1.29, 1.82) is 0 Å². The number of carbonyl (C=O) groups excluding carboxylic acids is 1. The molecular formula is C22H24ClN5O2S. The Morgan fingerprint density at radius 1 is 1.23 bits per heavy atom. The van der Waals surface area contributed by atoms with Crippen molar-refractivity contribution < 1.29 is 9.53 Å². The fraction of sp³-hybridized carbons (Fsp3) is 0.318. The number of ether oxygens (including phenoxy) is 1. The number of thioether (sulfide) groups is 1. The summed E-state index contributed by atoms with van der Waals surface area (Å²) in [7, 11) is 0. The van der Waals surface area contributed by atoms with Gasteiger partial charge in [-0.05, 0) is 49.2 Å². The third-order valence-electron chi connectivity index (χ3n) is 5.09. The smallest absolute Gasteiger partial charge is 0.240 e. The first-order valence-corrected chi connectivity index (χ1v) is 11.4. The molecule has 7 nitrogen and oxygen atoms in total. The van der Waals surface area contributed by atoms with Gasteiger partial charge in [0.2, 0.25) is 11.1 Å². The van der Waals surface area contributed by atoms with Crippen molar-refractivity contribution in [2.24, 2.45) is 0 Å². The Hall–Kier alpha value is -2.71. The van der Waals surface area contributed by atoms with Gasteiger partial charge in [0.15, 0.2) is 5.82 Å². The van der Waals surface area contributed by atoms with Crippen LogP contribution in [-0.4, -0.2) is 32.6 Å². The summed E-state index contributed by atoms with van der Waals surface area (Å²) >= 11 is 7.53. The third-order valence-corrected chi connectivity index (χ3v) is 6.54. The molecule has 31 heavy (non-hydrogen) atoms. The Bertz CT molecular complexity index is 1090. The minimum absolute atomic E-state index is 0.131. The maximum atomic E-state index is 13.4. The van der Waals surface area contributed by atoms with E-state index in [1.165, 1.54) is 11.8 Å². The van der Waals surface area contributed by atoms with Gasteiger partial charge in [0.25, 0.3) is 0 Å². The van der Waals surface area contributed by atoms with Crippen LogP contribution < -0.4 is 15.5 Å². The molecule has 0 aliphatic carbocycles. The molecule has 2 atom stereocenters. The van der Waals surface area contributed by atoms with Crippen LogP contribution >= 0.6 is 23.4 Å². The molecule has 2 N–H and O–H groups in total. The lowest BCUT2D eigenvalue weighted by Gasteiger charge is -2.33. The maximum absolute atomic E-state index is 13.4. The Morgan fingerprint density at radius 2 is 2.00 bits per heavy atom. The van der Waals surface area contributed by atoms with Crippen LogP contribution in [0.4, 0.5) is 5.69 Å². The monoisotopic (exact) mass is 457 g/mol. The second-order valence-corrected chi connectivity index (χ2v) is 8.73. The van der Waals surface area contributed by atoms with Gasteiger partial charge in [-0.15, -0.1) is 10.2 Å². The number of amides is 1. The van der Waals surface area contributed by atoms with E-state index in [1.54, 1.807) is 12.1 Å². The number of hydrogen-bond donors (Lipinski definition) is 2. The first kappa shape index (κ1) is 21.5. The van der Waals surface area contributed by atoms with Crippen molar-refractivity contribution in [2.75, 3.05) is 17.3 Å². The van der Waals surface area contributed by atoms with Gasteiger partial charge in [-0.2, -0.15) is 0 Å². The summed E-state index contributed by atoms with van der Waals surface area (Å²) < 4.78 is 7.44. The SMILES string of the molecule is CCOc1ccc([C@H]2Nn3c(CC)nnc3S[C@H]2C(=O)Nc2cc(Cl)ccc2C)cc1. The summed E-state index contributed by atoms with van der Waals surface area (Å²) in [5.41, 5.74) is 6.07. The van der Waals surface area contributed by atoms with E-state index in [-0.39, 0.29) is 11.9 Å². The van der Waals surface area contributed by atoms with Crippen LogP contribution in [0.5, 0.6) is 5.75 Å². The normalized spacial score (nSPS) is 17.5. The summed E-state index contributed by atoms with van der Waals surface area (Å²) in [6.07, 6.45) is 0.731. The number of carbonyl (C=O) groups is 1. The van der Waals surface area contributed by atoms with Gasteiger partial charge in [-0.3, -0.25) is 4.79 Å². The molecule has 0 saturated heterocycles. The van der Waals surface area contributed by atoms with Crippen molar-refractivity contribution in [2.45, 2.75) is 43.6 Å². The van der Waals surface area contributed by atoms with E-state index in [0.717, 1.165) is 29.1 Å². The molecule has 4 rings (SSSR count). The number of nitrogens with one attached hydrogen (secondary N) is 2. The van der Waals surface area contributed by atoms with E-state index in [2.05, 4.69) is 20.9 Å². The maximum Gasteiger partial charge on any atom is 0.240 e. The first-order valence-electron chi connectivity index (χ1n) is 10.2. The number of halogens is 1. The number of hydrogen-bond acceptors (Lipinski definition) is 6. The van der Waals surface area contributed by atoms with E-state index in [9.17, 15) is 4.79 Å². The molecule has 0 radical (unpaired) electrons. The predicted molar refractivity (Wildman–Crippen MR) is 124 cm³/mol. The van der Waals surface area contributed by atoms with Gasteiger partial charge < -0.3 is 15.5 Å². The Kier molecular flexibility index (Phi) is 6.38. The van der Waals surface area contributed by atoms with Crippen molar-refractivity contribution >= 4 is 35.0 Å². The van der Waals surface area contributed by atoms with Crippen LogP contribution in [-0.2, 0) is 11.2 Å². The van der Waals surface area contributed by atoms with E-state index >= 15 is 0 Å². The number of fused-ring (bicyclic) bond motifs is 1. The molecule has 0 fully saturated rings. The number of nitrogens with zero attached hydrogens (tertiary/aromatic N) is 3. The van der Waals surface area contributed by atoms with Crippen LogP contribution in [0, 0.1) is 6.92 Å². The average molecular weight is 458 g/mol. The van der Waals surface area contributed by atoms with Crippen LogP contribution in [0.15, 0.2) is 47.6 Å². The molecule has 2 heterocycles. The van der Waals surface area contributed by atoms with Gasteiger partial charge in [0, 0.05) is 17.1 Å². The second kappa shape index (κ2) is 9.20. The highest BCUT2D eigenvalue weighted by molar-refractivity contribution is 8.00. The van der Waals surface area contributed by atoms with Crippen molar-refractivity contribution in [1.82, 2.24) is 14.9 Å². The Morgan fingerprint density at radius 3 is 2.71 bits per heavy atom. The standard InChI is InChI=1S/C22H24ClN5O2S/c1-4-18-25-26-22-28(18)27-19(14-7-10-16(11-8-14)30-5-2)20(31-22)21(29)24-17-12-15(23)9-6-13(17)3/h6-12,19-20,27H,4-5H2,1-3H3,(H,24,29)/t19-,20-/m1/s1. The van der Waals surface area contributed by atoms with Gasteiger partial charge in [0.05, 0.1) is 12.6 Å². The van der Waals surface area contributed by atoms with Crippen LogP contribution in [0.2, 0.25) is 5.02 Å². The van der Waals surface area contributed by atoms with Gasteiger partial charge in [-0.25, -0.2) is 4.68 Å². The quantitative estimate of drug-likeness (QED) is 0.563. The zero-order valence-electron chi connectivity index (χ0n) is 17.6. The summed E-state index contributed by atoms with van der Waals surface area (Å²) in [6, 6.07) is 13.0. The lowest BCUT2D eigenvalue weighted by atomic mass is 10.0. The lowest BCUT2D eigenvalue weighted by Crippen LogP contribution is -2.41. The predicted octanol–water partition coefficient (Wildman–Crippen LogP) is 4.60. The lowest BCUT2D eigenvalue weighted by molar-refractivity contribution is -0.116. The number of aryl methyl sites for hydroxylation is 2. The summed E-state index contributed by atoms with van der Waals surface area (Å²) in [6.45, 7) is 6.51. The largest absolute Gasteiger partial charge is 0.494 e. The average Bonchev–Trinajstić information content (AvgIpc) is 3.18. The first-order chi connectivity index (χ1) is 15.0. The van der Waals surface area contributed by atoms with Gasteiger partial charge in [0.1, 0.15) is 11.0 Å². The second-order valence-electron chi connectivity index (χ2n) is 7.18. The zero-order valence-corrected chi connectivity index (χ0v) is 19.1. The third kappa shape index (κ3) is 4.50. The minimum Gasteiger partial charge on any atom is -0.494 e. The van der Waals surface area contributed by atoms with E-state index < -0.39 is 5.25 Å². The molecule has 0 saturated carbocycles. The molecule has 1 aliphatic heterocycles. The molecule has 0 unspecified atom stereocenters. The molecule has 162 valence electrons. The Labute approximate surface area is 190 Å². The molecular weight excluding hydrogens is 434 g/mol. The molecule has 0 bridgehead atoms. The molecule has 1 aromatic heterocycles. The molecule has 1 amide bonds. The number of rotatable bonds is 6. The summed E-state index contributed by atoms with van der Waals surface area (Å²) in [5.74, 6) is 1.49. The van der Waals surface area contributed by atoms with E-state index in [4.69, 9.17) is 16.3 Å². The van der Waals surface area contributed by atoms with Crippen molar-refractivity contribution in [3.05, 3.63) is 64.4 Å². The van der Waals surface area contributed by atoms with Crippen molar-refractivity contribution in [3.8, 4) is 5.75 Å². The fourth-order valence-electron chi connectivity index (χ4n) is 3.45. The minimum atomic E-state index is -0.460. The van der Waals surface area contributed by atoms with Gasteiger partial charge in [-0.1, -0.05) is 48.5 Å². The van der Waals surface area contributed by atoms with Crippen molar-refractivity contribution in [3.63, 3.8) is 0 Å². The van der Waals surface area contributed by atoms with E-state index in [1.807, 2.05) is 55.8 Å². The number of benzene rings is 2. The van der Waals surface area contributed by atoms with Crippen LogP contribution in [0.1, 0.15) is 36.8 Å². The molecule has 1 aliphatic rings. The molecule has 9 heteroatoms. The molecule has 2 aromatic carbocycles. The van der Waals surface area contributed by atoms with E-state index in [0.29, 0.717) is 22.5 Å². The highest BCUT2D eigenvalue weighted by atomic mass is 35.5. The molecule has 3 aromatic rings. The number of anilines is 1. The highest BCUT2D eigenvalue weighted by Crippen LogP contribution is 2.38. The van der Waals surface area contributed by atoms with Crippen LogP contribution in [0.3, 0.4) is 0 Å². The number of aromatic nitrogens is 3.